The maximum Gasteiger partial charge on any atom is 0.239 e. The van der Waals surface area contributed by atoms with Crippen LogP contribution in [0.15, 0.2) is 0 Å². The number of amides is 1. The summed E-state index contributed by atoms with van der Waals surface area (Å²) in [7, 11) is 3.64. The molecule has 128 valence electrons. The second-order valence-electron chi connectivity index (χ2n) is 5.14. The van der Waals surface area contributed by atoms with Gasteiger partial charge in [-0.1, -0.05) is 47.5 Å². The van der Waals surface area contributed by atoms with Crippen LogP contribution >= 0.6 is 0 Å². The summed E-state index contributed by atoms with van der Waals surface area (Å²) in [6.45, 7) is 12.3. The van der Waals surface area contributed by atoms with Crippen LogP contribution in [0.1, 0.15) is 66.7 Å². The highest BCUT2D eigenvalue weighted by Crippen LogP contribution is 2.13. The second-order valence-corrected chi connectivity index (χ2v) is 5.14. The van der Waals surface area contributed by atoms with Crippen LogP contribution in [0.25, 0.3) is 0 Å². The first kappa shape index (κ1) is 22.7. The molecule has 1 rings (SSSR count). The first-order valence-corrected chi connectivity index (χ1v) is 8.83. The van der Waals surface area contributed by atoms with E-state index >= 15 is 0 Å². The Morgan fingerprint density at radius 2 is 1.76 bits per heavy atom. The van der Waals surface area contributed by atoms with Gasteiger partial charge in [0.2, 0.25) is 5.91 Å². The SMILES string of the molecule is CC.CC.CCCCCNCC1CCC(C(=O)N(C)C)N1. The van der Waals surface area contributed by atoms with Crippen molar-refractivity contribution in [1.82, 2.24) is 15.5 Å². The molecule has 2 unspecified atom stereocenters. The van der Waals surface area contributed by atoms with Gasteiger partial charge >= 0.3 is 0 Å². The zero-order chi connectivity index (χ0) is 16.7. The highest BCUT2D eigenvalue weighted by molar-refractivity contribution is 5.81. The summed E-state index contributed by atoms with van der Waals surface area (Å²) in [6.07, 6.45) is 5.89. The number of nitrogens with one attached hydrogen (secondary N) is 2. The first-order valence-electron chi connectivity index (χ1n) is 8.83. The van der Waals surface area contributed by atoms with E-state index in [-0.39, 0.29) is 11.9 Å². The van der Waals surface area contributed by atoms with Crippen molar-refractivity contribution < 1.29 is 4.79 Å². The molecule has 4 heteroatoms. The lowest BCUT2D eigenvalue weighted by molar-refractivity contribution is -0.130. The van der Waals surface area contributed by atoms with Crippen molar-refractivity contribution in [1.29, 1.82) is 0 Å². The molecule has 1 aliphatic heterocycles. The van der Waals surface area contributed by atoms with Crippen molar-refractivity contribution in [2.45, 2.75) is 78.8 Å². The first-order chi connectivity index (χ1) is 10.1. The van der Waals surface area contributed by atoms with Crippen LogP contribution in [0.5, 0.6) is 0 Å². The minimum Gasteiger partial charge on any atom is -0.347 e. The van der Waals surface area contributed by atoms with E-state index in [1.807, 2.05) is 41.8 Å². The van der Waals surface area contributed by atoms with Gasteiger partial charge in [0.1, 0.15) is 0 Å². The molecule has 1 amide bonds. The number of hydrogen-bond acceptors (Lipinski definition) is 3. The molecule has 0 aliphatic carbocycles. The molecule has 0 bridgehead atoms. The van der Waals surface area contributed by atoms with E-state index in [1.54, 1.807) is 4.90 Å². The molecule has 1 fully saturated rings. The van der Waals surface area contributed by atoms with Crippen molar-refractivity contribution in [2.75, 3.05) is 27.2 Å². The molecule has 0 aromatic rings. The zero-order valence-electron chi connectivity index (χ0n) is 15.5. The summed E-state index contributed by atoms with van der Waals surface area (Å²) in [4.78, 5) is 13.4. The van der Waals surface area contributed by atoms with Crippen molar-refractivity contribution in [3.8, 4) is 0 Å². The van der Waals surface area contributed by atoms with Gasteiger partial charge in [-0.15, -0.1) is 0 Å². The van der Waals surface area contributed by atoms with Crippen molar-refractivity contribution in [3.63, 3.8) is 0 Å². The van der Waals surface area contributed by atoms with Gasteiger partial charge in [-0.2, -0.15) is 0 Å². The normalized spacial score (nSPS) is 20.0. The average Bonchev–Trinajstić information content (AvgIpc) is 2.99. The Bertz CT molecular complexity index is 232. The highest BCUT2D eigenvalue weighted by atomic mass is 16.2. The summed E-state index contributed by atoms with van der Waals surface area (Å²) >= 11 is 0. The van der Waals surface area contributed by atoms with Gasteiger partial charge in [-0.05, 0) is 25.8 Å². The largest absolute Gasteiger partial charge is 0.347 e. The van der Waals surface area contributed by atoms with Crippen LogP contribution in [0, 0.1) is 0 Å². The standard InChI is InChI=1S/C13H27N3O.2C2H6/c1-4-5-6-9-14-10-11-7-8-12(15-11)13(17)16(2)3;2*1-2/h11-12,14-15H,4-10H2,1-3H3;2*1-2H3. The van der Waals surface area contributed by atoms with E-state index in [4.69, 9.17) is 0 Å². The molecule has 1 aliphatic rings. The molecule has 1 heterocycles. The van der Waals surface area contributed by atoms with E-state index in [0.717, 1.165) is 25.9 Å². The molecule has 0 aromatic carbocycles. The number of rotatable bonds is 7. The van der Waals surface area contributed by atoms with Gasteiger partial charge in [0.25, 0.3) is 0 Å². The van der Waals surface area contributed by atoms with Crippen molar-refractivity contribution in [2.24, 2.45) is 0 Å². The molecular weight excluding hydrogens is 262 g/mol. The molecule has 2 N–H and O–H groups in total. The fraction of sp³-hybridized carbons (Fsp3) is 0.941. The summed E-state index contributed by atoms with van der Waals surface area (Å²) in [6, 6.07) is 0.498. The van der Waals surface area contributed by atoms with Crippen LogP contribution in [0.2, 0.25) is 0 Å². The Morgan fingerprint density at radius 1 is 1.14 bits per heavy atom. The fourth-order valence-corrected chi connectivity index (χ4v) is 2.26. The number of carbonyl (C=O) groups excluding carboxylic acids is 1. The third-order valence-corrected chi connectivity index (χ3v) is 3.33. The molecular formula is C17H39N3O. The van der Waals surface area contributed by atoms with Gasteiger partial charge in [-0.3, -0.25) is 4.79 Å². The number of nitrogens with zero attached hydrogens (tertiary/aromatic N) is 1. The predicted molar refractivity (Wildman–Crippen MR) is 93.7 cm³/mol. The maximum atomic E-state index is 11.7. The minimum absolute atomic E-state index is 0.0347. The van der Waals surface area contributed by atoms with Crippen LogP contribution in [-0.4, -0.2) is 50.1 Å². The van der Waals surface area contributed by atoms with E-state index in [9.17, 15) is 4.79 Å². The highest BCUT2D eigenvalue weighted by Gasteiger charge is 2.29. The topological polar surface area (TPSA) is 44.4 Å². The molecule has 4 nitrogen and oxygen atoms in total. The number of carbonyl (C=O) groups is 1. The molecule has 0 aromatic heterocycles. The summed E-state index contributed by atoms with van der Waals surface area (Å²) < 4.78 is 0. The molecule has 2 atom stereocenters. The summed E-state index contributed by atoms with van der Waals surface area (Å²) in [5.74, 6) is 0.207. The fourth-order valence-electron chi connectivity index (χ4n) is 2.26. The predicted octanol–water partition coefficient (Wildman–Crippen LogP) is 3.03. The smallest absolute Gasteiger partial charge is 0.239 e. The Balaban J connectivity index is 0. The van der Waals surface area contributed by atoms with Crippen molar-refractivity contribution in [3.05, 3.63) is 0 Å². The Morgan fingerprint density at radius 3 is 2.29 bits per heavy atom. The Kier molecular flexibility index (Phi) is 17.0. The summed E-state index contributed by atoms with van der Waals surface area (Å²) in [5, 5.41) is 6.87. The Hall–Kier alpha value is -0.610. The molecule has 0 spiro atoms. The zero-order valence-corrected chi connectivity index (χ0v) is 15.5. The van der Waals surface area contributed by atoms with Gasteiger partial charge in [0, 0.05) is 26.7 Å². The third kappa shape index (κ3) is 10.7. The van der Waals surface area contributed by atoms with Crippen molar-refractivity contribution >= 4 is 5.91 Å². The van der Waals surface area contributed by atoms with Crippen LogP contribution in [0.3, 0.4) is 0 Å². The lowest BCUT2D eigenvalue weighted by atomic mass is 10.2. The van der Waals surface area contributed by atoms with Crippen LogP contribution < -0.4 is 10.6 Å². The van der Waals surface area contributed by atoms with E-state index in [1.165, 1.54) is 19.3 Å². The second kappa shape index (κ2) is 15.8. The average molecular weight is 302 g/mol. The summed E-state index contributed by atoms with van der Waals surface area (Å²) in [5.41, 5.74) is 0. The van der Waals surface area contributed by atoms with Crippen LogP contribution in [0.4, 0.5) is 0 Å². The number of unbranched alkanes of at least 4 members (excludes halogenated alkanes) is 2. The third-order valence-electron chi connectivity index (χ3n) is 3.33. The maximum absolute atomic E-state index is 11.7. The van der Waals surface area contributed by atoms with Gasteiger partial charge < -0.3 is 15.5 Å². The molecule has 0 radical (unpaired) electrons. The van der Waals surface area contributed by atoms with E-state index in [0.29, 0.717) is 6.04 Å². The lowest BCUT2D eigenvalue weighted by Gasteiger charge is -2.18. The molecule has 21 heavy (non-hydrogen) atoms. The van der Waals surface area contributed by atoms with Gasteiger partial charge in [-0.25, -0.2) is 0 Å². The van der Waals surface area contributed by atoms with Gasteiger partial charge in [0.15, 0.2) is 0 Å². The minimum atomic E-state index is 0.0347. The monoisotopic (exact) mass is 301 g/mol. The van der Waals surface area contributed by atoms with E-state index < -0.39 is 0 Å². The number of hydrogen-bond donors (Lipinski definition) is 2. The molecule has 0 saturated carbocycles. The lowest BCUT2D eigenvalue weighted by Crippen LogP contribution is -2.44. The van der Waals surface area contributed by atoms with E-state index in [2.05, 4.69) is 17.6 Å². The van der Waals surface area contributed by atoms with Gasteiger partial charge in [0.05, 0.1) is 6.04 Å². The Labute approximate surface area is 133 Å². The van der Waals surface area contributed by atoms with Crippen LogP contribution in [-0.2, 0) is 4.79 Å². The quantitative estimate of drug-likeness (QED) is 0.710. The number of likely N-dealkylation sites (N-methyl/N-ethyl adjacent to an activating group) is 1. The molecule has 1 saturated heterocycles.